The Bertz CT molecular complexity index is 774. The summed E-state index contributed by atoms with van der Waals surface area (Å²) in [5, 5.41) is 5.89. The summed E-state index contributed by atoms with van der Waals surface area (Å²) in [4.78, 5) is 23.4. The van der Waals surface area contributed by atoms with Crippen LogP contribution in [0.5, 0.6) is 11.5 Å². The normalized spacial score (nSPS) is 10.3. The van der Waals surface area contributed by atoms with Crippen molar-refractivity contribution < 1.29 is 19.1 Å². The number of methoxy groups -OCH3 is 2. The molecule has 0 aliphatic carbocycles. The minimum atomic E-state index is -0.155. The van der Waals surface area contributed by atoms with Crippen LogP contribution in [-0.2, 0) is 11.2 Å². The van der Waals surface area contributed by atoms with Crippen molar-refractivity contribution in [3.05, 3.63) is 53.6 Å². The number of carbonyl (C=O) groups is 2. The molecule has 0 atom stereocenters. The van der Waals surface area contributed by atoms with E-state index in [9.17, 15) is 9.59 Å². The van der Waals surface area contributed by atoms with Crippen molar-refractivity contribution in [2.45, 2.75) is 13.3 Å². The van der Waals surface area contributed by atoms with Gasteiger partial charge >= 0.3 is 0 Å². The van der Waals surface area contributed by atoms with Crippen molar-refractivity contribution >= 4 is 17.4 Å². The molecule has 0 aliphatic rings. The zero-order valence-electron chi connectivity index (χ0n) is 15.3. The summed E-state index contributed by atoms with van der Waals surface area (Å²) in [6.07, 6.45) is 0.757. The zero-order valence-corrected chi connectivity index (χ0v) is 15.3. The highest BCUT2D eigenvalue weighted by atomic mass is 16.5. The molecule has 6 heteroatoms. The minimum absolute atomic E-state index is 0.0332. The molecular weight excluding hydrogens is 332 g/mol. The number of nitrogens with one attached hydrogen (secondary N) is 2. The van der Waals surface area contributed by atoms with Crippen LogP contribution < -0.4 is 20.1 Å². The average molecular weight is 356 g/mol. The average Bonchev–Trinajstić information content (AvgIpc) is 2.65. The van der Waals surface area contributed by atoms with Crippen LogP contribution in [0, 0.1) is 0 Å². The molecule has 2 rings (SSSR count). The van der Waals surface area contributed by atoms with Gasteiger partial charge in [-0.2, -0.15) is 0 Å². The van der Waals surface area contributed by atoms with E-state index in [2.05, 4.69) is 10.6 Å². The quantitative estimate of drug-likeness (QED) is 0.534. The Hall–Kier alpha value is -2.86. The molecule has 0 aromatic heterocycles. The number of amides is 1. The van der Waals surface area contributed by atoms with Gasteiger partial charge in [-0.05, 0) is 49.7 Å². The summed E-state index contributed by atoms with van der Waals surface area (Å²) < 4.78 is 10.5. The summed E-state index contributed by atoms with van der Waals surface area (Å²) in [6.45, 7) is 2.34. The number of rotatable bonds is 9. The predicted molar refractivity (Wildman–Crippen MR) is 101 cm³/mol. The fourth-order valence-corrected chi connectivity index (χ4v) is 2.49. The standard InChI is InChI=1S/C20H24N2O4/c1-14(23)16-5-4-6-17(12-16)22-20(24)13-21-10-9-15-7-8-18(25-2)19(11-15)26-3/h4-8,11-12,21H,9-10,13H2,1-3H3,(H,22,24). The lowest BCUT2D eigenvalue weighted by Crippen LogP contribution is -2.29. The molecular formula is C20H24N2O4. The number of Topliss-reactive ketones (excluding diaryl/α,β-unsaturated/α-hetero) is 1. The number of hydrogen-bond donors (Lipinski definition) is 2. The molecule has 6 nitrogen and oxygen atoms in total. The molecule has 138 valence electrons. The molecule has 2 N–H and O–H groups in total. The van der Waals surface area contributed by atoms with E-state index in [0.717, 1.165) is 12.0 Å². The number of benzene rings is 2. The second-order valence-corrected chi connectivity index (χ2v) is 5.80. The second kappa shape index (κ2) is 9.58. The smallest absolute Gasteiger partial charge is 0.238 e. The maximum absolute atomic E-state index is 12.0. The summed E-state index contributed by atoms with van der Waals surface area (Å²) in [5.74, 6) is 1.19. The van der Waals surface area contributed by atoms with Gasteiger partial charge in [0, 0.05) is 11.3 Å². The van der Waals surface area contributed by atoms with Gasteiger partial charge in [-0.1, -0.05) is 18.2 Å². The highest BCUT2D eigenvalue weighted by Crippen LogP contribution is 2.27. The first-order valence-corrected chi connectivity index (χ1v) is 8.36. The van der Waals surface area contributed by atoms with Crippen LogP contribution in [0.4, 0.5) is 5.69 Å². The van der Waals surface area contributed by atoms with Crippen molar-refractivity contribution in [2.24, 2.45) is 0 Å². The van der Waals surface area contributed by atoms with Gasteiger partial charge in [-0.25, -0.2) is 0 Å². The fourth-order valence-electron chi connectivity index (χ4n) is 2.49. The molecule has 0 radical (unpaired) electrons. The highest BCUT2D eigenvalue weighted by Gasteiger charge is 2.06. The number of anilines is 1. The largest absolute Gasteiger partial charge is 0.493 e. The third-order valence-corrected chi connectivity index (χ3v) is 3.88. The molecule has 2 aromatic rings. The van der Waals surface area contributed by atoms with Gasteiger partial charge in [0.05, 0.1) is 20.8 Å². The molecule has 0 unspecified atom stereocenters. The topological polar surface area (TPSA) is 76.7 Å². The lowest BCUT2D eigenvalue weighted by Gasteiger charge is -2.10. The van der Waals surface area contributed by atoms with Crippen LogP contribution in [0.15, 0.2) is 42.5 Å². The van der Waals surface area contributed by atoms with Crippen LogP contribution in [0.25, 0.3) is 0 Å². The molecule has 1 amide bonds. The third-order valence-electron chi connectivity index (χ3n) is 3.88. The van der Waals surface area contributed by atoms with E-state index in [1.54, 1.807) is 38.5 Å². The van der Waals surface area contributed by atoms with Crippen molar-refractivity contribution in [1.82, 2.24) is 5.32 Å². The zero-order chi connectivity index (χ0) is 18.9. The van der Waals surface area contributed by atoms with Crippen molar-refractivity contribution in [3.8, 4) is 11.5 Å². The number of hydrogen-bond acceptors (Lipinski definition) is 5. The van der Waals surface area contributed by atoms with E-state index in [1.807, 2.05) is 18.2 Å². The first-order chi connectivity index (χ1) is 12.5. The molecule has 0 heterocycles. The molecule has 2 aromatic carbocycles. The van der Waals surface area contributed by atoms with Crippen molar-refractivity contribution in [2.75, 3.05) is 32.6 Å². The Balaban J connectivity index is 1.78. The van der Waals surface area contributed by atoms with Gasteiger partial charge in [0.1, 0.15) is 0 Å². The first-order valence-electron chi connectivity index (χ1n) is 8.36. The van der Waals surface area contributed by atoms with E-state index < -0.39 is 0 Å². The number of ether oxygens (including phenoxy) is 2. The van der Waals surface area contributed by atoms with Gasteiger partial charge in [-0.15, -0.1) is 0 Å². The molecule has 0 spiro atoms. The third kappa shape index (κ3) is 5.60. The van der Waals surface area contributed by atoms with Crippen molar-refractivity contribution in [1.29, 1.82) is 0 Å². The Labute approximate surface area is 153 Å². The van der Waals surface area contributed by atoms with E-state index in [1.165, 1.54) is 6.92 Å². The Morgan fingerprint density at radius 1 is 1.00 bits per heavy atom. The van der Waals surface area contributed by atoms with Crippen LogP contribution in [0.3, 0.4) is 0 Å². The Kier molecular flexibility index (Phi) is 7.17. The second-order valence-electron chi connectivity index (χ2n) is 5.80. The molecule has 0 saturated carbocycles. The maximum atomic E-state index is 12.0. The molecule has 0 fully saturated rings. The molecule has 0 saturated heterocycles. The van der Waals surface area contributed by atoms with Crippen molar-refractivity contribution in [3.63, 3.8) is 0 Å². The fraction of sp³-hybridized carbons (Fsp3) is 0.300. The lowest BCUT2D eigenvalue weighted by atomic mass is 10.1. The van der Waals surface area contributed by atoms with Gasteiger partial charge in [0.15, 0.2) is 17.3 Å². The van der Waals surface area contributed by atoms with Gasteiger partial charge in [-0.3, -0.25) is 9.59 Å². The molecule has 0 aliphatic heterocycles. The number of ketones is 1. The van der Waals surface area contributed by atoms with Crippen LogP contribution in [-0.4, -0.2) is 39.0 Å². The summed E-state index contributed by atoms with van der Waals surface area (Å²) in [7, 11) is 3.20. The summed E-state index contributed by atoms with van der Waals surface area (Å²) in [6, 6.07) is 12.7. The predicted octanol–water partition coefficient (Wildman–Crippen LogP) is 2.68. The van der Waals surface area contributed by atoms with E-state index in [4.69, 9.17) is 9.47 Å². The van der Waals surface area contributed by atoms with Crippen LogP contribution in [0.1, 0.15) is 22.8 Å². The summed E-state index contributed by atoms with van der Waals surface area (Å²) >= 11 is 0. The maximum Gasteiger partial charge on any atom is 0.238 e. The van der Waals surface area contributed by atoms with E-state index in [0.29, 0.717) is 29.3 Å². The van der Waals surface area contributed by atoms with E-state index >= 15 is 0 Å². The molecule has 26 heavy (non-hydrogen) atoms. The Morgan fingerprint density at radius 2 is 1.77 bits per heavy atom. The van der Waals surface area contributed by atoms with Gasteiger partial charge in [0.25, 0.3) is 0 Å². The highest BCUT2D eigenvalue weighted by molar-refractivity contribution is 5.97. The minimum Gasteiger partial charge on any atom is -0.493 e. The lowest BCUT2D eigenvalue weighted by molar-refractivity contribution is -0.115. The SMILES string of the molecule is COc1ccc(CCNCC(=O)Nc2cccc(C(C)=O)c2)cc1OC. The van der Waals surface area contributed by atoms with Crippen LogP contribution in [0.2, 0.25) is 0 Å². The Morgan fingerprint density at radius 3 is 2.46 bits per heavy atom. The van der Waals surface area contributed by atoms with Gasteiger partial charge < -0.3 is 20.1 Å². The van der Waals surface area contributed by atoms with Gasteiger partial charge in [0.2, 0.25) is 5.91 Å². The monoisotopic (exact) mass is 356 g/mol. The number of carbonyl (C=O) groups excluding carboxylic acids is 2. The van der Waals surface area contributed by atoms with Crippen LogP contribution >= 0.6 is 0 Å². The summed E-state index contributed by atoms with van der Waals surface area (Å²) in [5.41, 5.74) is 2.28. The first kappa shape index (κ1) is 19.5. The molecule has 0 bridgehead atoms. The van der Waals surface area contributed by atoms with E-state index in [-0.39, 0.29) is 18.2 Å².